The molecule has 0 saturated heterocycles. The lowest BCUT2D eigenvalue weighted by molar-refractivity contribution is 0.0827. The highest BCUT2D eigenvalue weighted by molar-refractivity contribution is 14.0. The molecule has 0 aliphatic heterocycles. The number of nitrogens with one attached hydrogen (secondary N) is 2. The standard InChI is InChI=1S/C22H30N4O2.HI/c1-23-22(24-14-5-7-17-9-11-20(27)12-10-17)25-15-13-18-6-4-8-19(16-18)21(28)26(2)3;/h4,6,8-12,16,27H,5,7,13-15H2,1-3H3,(H2,23,24,25);1H. The van der Waals surface area contributed by atoms with Crippen LogP contribution in [-0.2, 0) is 12.8 Å². The number of aryl methyl sites for hydroxylation is 1. The third-order valence-corrected chi connectivity index (χ3v) is 4.38. The highest BCUT2D eigenvalue weighted by Crippen LogP contribution is 2.11. The van der Waals surface area contributed by atoms with Crippen LogP contribution in [0.3, 0.4) is 0 Å². The number of benzene rings is 2. The average molecular weight is 510 g/mol. The van der Waals surface area contributed by atoms with Gasteiger partial charge in [0.05, 0.1) is 0 Å². The number of rotatable bonds is 8. The molecule has 0 aliphatic carbocycles. The Balaban J connectivity index is 0.00000420. The molecule has 29 heavy (non-hydrogen) atoms. The lowest BCUT2D eigenvalue weighted by atomic mass is 10.1. The Bertz CT molecular complexity index is 792. The molecular weight excluding hydrogens is 479 g/mol. The number of aliphatic imine (C=N–C) groups is 1. The van der Waals surface area contributed by atoms with Crippen LogP contribution in [-0.4, -0.2) is 56.1 Å². The monoisotopic (exact) mass is 510 g/mol. The van der Waals surface area contributed by atoms with E-state index >= 15 is 0 Å². The summed E-state index contributed by atoms with van der Waals surface area (Å²) in [5, 5.41) is 15.9. The minimum atomic E-state index is 0. The van der Waals surface area contributed by atoms with Crippen LogP contribution in [0.25, 0.3) is 0 Å². The maximum absolute atomic E-state index is 12.1. The van der Waals surface area contributed by atoms with Crippen LogP contribution in [0.2, 0.25) is 0 Å². The molecule has 0 fully saturated rings. The van der Waals surface area contributed by atoms with Gasteiger partial charge >= 0.3 is 0 Å². The SMILES string of the molecule is CN=C(NCCCc1ccc(O)cc1)NCCc1cccc(C(=O)N(C)C)c1.I. The van der Waals surface area contributed by atoms with Crippen molar-refractivity contribution >= 4 is 35.8 Å². The summed E-state index contributed by atoms with van der Waals surface area (Å²) < 4.78 is 0. The second kappa shape index (κ2) is 13.0. The van der Waals surface area contributed by atoms with E-state index in [9.17, 15) is 9.90 Å². The fourth-order valence-corrected chi connectivity index (χ4v) is 2.83. The summed E-state index contributed by atoms with van der Waals surface area (Å²) in [6.45, 7) is 1.55. The topological polar surface area (TPSA) is 77.0 Å². The van der Waals surface area contributed by atoms with E-state index in [2.05, 4.69) is 15.6 Å². The molecule has 0 aromatic heterocycles. The zero-order valence-corrected chi connectivity index (χ0v) is 19.6. The van der Waals surface area contributed by atoms with E-state index in [1.165, 1.54) is 5.56 Å². The van der Waals surface area contributed by atoms with Gasteiger partial charge in [0.1, 0.15) is 5.75 Å². The lowest BCUT2D eigenvalue weighted by Crippen LogP contribution is -2.38. The average Bonchev–Trinajstić information content (AvgIpc) is 2.70. The first-order valence-electron chi connectivity index (χ1n) is 9.52. The molecule has 0 aliphatic rings. The molecule has 158 valence electrons. The first-order chi connectivity index (χ1) is 13.5. The number of phenolic OH excluding ortho intramolecular Hbond substituents is 1. The molecule has 3 N–H and O–H groups in total. The van der Waals surface area contributed by atoms with Gasteiger partial charge in [-0.25, -0.2) is 0 Å². The minimum Gasteiger partial charge on any atom is -0.508 e. The van der Waals surface area contributed by atoms with Crippen molar-refractivity contribution in [3.05, 3.63) is 65.2 Å². The van der Waals surface area contributed by atoms with Crippen LogP contribution in [0.1, 0.15) is 27.9 Å². The number of phenols is 1. The molecule has 2 aromatic rings. The third-order valence-electron chi connectivity index (χ3n) is 4.38. The fraction of sp³-hybridized carbons (Fsp3) is 0.364. The van der Waals surface area contributed by atoms with Crippen molar-refractivity contribution in [1.82, 2.24) is 15.5 Å². The van der Waals surface area contributed by atoms with Crippen molar-refractivity contribution in [3.8, 4) is 5.75 Å². The van der Waals surface area contributed by atoms with Crippen molar-refractivity contribution in [2.75, 3.05) is 34.2 Å². The van der Waals surface area contributed by atoms with E-state index in [-0.39, 0.29) is 29.9 Å². The van der Waals surface area contributed by atoms with Crippen molar-refractivity contribution in [2.45, 2.75) is 19.3 Å². The molecule has 2 aromatic carbocycles. The van der Waals surface area contributed by atoms with E-state index in [1.54, 1.807) is 38.2 Å². The smallest absolute Gasteiger partial charge is 0.253 e. The van der Waals surface area contributed by atoms with Gasteiger partial charge in [-0.3, -0.25) is 9.79 Å². The first-order valence-corrected chi connectivity index (χ1v) is 9.52. The third kappa shape index (κ3) is 8.72. The van der Waals surface area contributed by atoms with Gasteiger partial charge in [-0.1, -0.05) is 24.3 Å². The van der Waals surface area contributed by atoms with Crippen molar-refractivity contribution < 1.29 is 9.90 Å². The molecule has 7 heteroatoms. The highest BCUT2D eigenvalue weighted by Gasteiger charge is 2.08. The molecule has 0 heterocycles. The van der Waals surface area contributed by atoms with Gasteiger partial charge in [-0.2, -0.15) is 0 Å². The second-order valence-corrected chi connectivity index (χ2v) is 6.85. The summed E-state index contributed by atoms with van der Waals surface area (Å²) in [5.41, 5.74) is 3.02. The molecule has 0 radical (unpaired) electrons. The minimum absolute atomic E-state index is 0. The van der Waals surface area contributed by atoms with Crippen LogP contribution in [0.15, 0.2) is 53.5 Å². The predicted molar refractivity (Wildman–Crippen MR) is 129 cm³/mol. The zero-order valence-electron chi connectivity index (χ0n) is 17.3. The van der Waals surface area contributed by atoms with Gasteiger partial charge in [0.15, 0.2) is 5.96 Å². The fourth-order valence-electron chi connectivity index (χ4n) is 2.83. The Morgan fingerprint density at radius 1 is 1.00 bits per heavy atom. The maximum Gasteiger partial charge on any atom is 0.253 e. The first kappa shape index (κ1) is 24.7. The van der Waals surface area contributed by atoms with Crippen LogP contribution < -0.4 is 10.6 Å². The Labute approximate surface area is 190 Å². The van der Waals surface area contributed by atoms with Crippen LogP contribution in [0.4, 0.5) is 0 Å². The molecule has 0 saturated carbocycles. The van der Waals surface area contributed by atoms with Crippen LogP contribution in [0, 0.1) is 0 Å². The van der Waals surface area contributed by atoms with Gasteiger partial charge in [0, 0.05) is 39.8 Å². The summed E-state index contributed by atoms with van der Waals surface area (Å²) in [7, 11) is 5.27. The van der Waals surface area contributed by atoms with Crippen LogP contribution in [0.5, 0.6) is 5.75 Å². The van der Waals surface area contributed by atoms with Gasteiger partial charge in [0.25, 0.3) is 5.91 Å². The molecule has 0 bridgehead atoms. The van der Waals surface area contributed by atoms with E-state index in [1.807, 2.05) is 36.4 Å². The van der Waals surface area contributed by atoms with Crippen molar-refractivity contribution in [3.63, 3.8) is 0 Å². The molecular formula is C22H31IN4O2. The number of guanidine groups is 1. The number of aromatic hydroxyl groups is 1. The summed E-state index contributed by atoms with van der Waals surface area (Å²) in [4.78, 5) is 17.9. The normalized spacial score (nSPS) is 10.8. The largest absolute Gasteiger partial charge is 0.508 e. The summed E-state index contributed by atoms with van der Waals surface area (Å²) in [6.07, 6.45) is 2.72. The molecule has 0 atom stereocenters. The maximum atomic E-state index is 12.1. The Morgan fingerprint density at radius 3 is 2.34 bits per heavy atom. The van der Waals surface area contributed by atoms with Gasteiger partial charge in [-0.15, -0.1) is 24.0 Å². The van der Waals surface area contributed by atoms with Gasteiger partial charge in [-0.05, 0) is 54.7 Å². The summed E-state index contributed by atoms with van der Waals surface area (Å²) in [5.74, 6) is 1.08. The number of carbonyl (C=O) groups excluding carboxylic acids is 1. The number of hydrogen-bond donors (Lipinski definition) is 3. The van der Waals surface area contributed by atoms with E-state index in [4.69, 9.17) is 0 Å². The van der Waals surface area contributed by atoms with Gasteiger partial charge in [0.2, 0.25) is 0 Å². The van der Waals surface area contributed by atoms with Crippen LogP contribution >= 0.6 is 24.0 Å². The summed E-state index contributed by atoms with van der Waals surface area (Å²) >= 11 is 0. The highest BCUT2D eigenvalue weighted by atomic mass is 127. The summed E-state index contributed by atoms with van der Waals surface area (Å²) in [6, 6.07) is 15.0. The predicted octanol–water partition coefficient (Wildman–Crippen LogP) is 3.05. The number of amides is 1. The molecule has 1 amide bonds. The molecule has 6 nitrogen and oxygen atoms in total. The number of hydrogen-bond acceptors (Lipinski definition) is 3. The molecule has 0 unspecified atom stereocenters. The van der Waals surface area contributed by atoms with E-state index in [0.29, 0.717) is 11.3 Å². The van der Waals surface area contributed by atoms with E-state index < -0.39 is 0 Å². The molecule has 2 rings (SSSR count). The Hall–Kier alpha value is -2.29. The molecule has 0 spiro atoms. The van der Waals surface area contributed by atoms with Crippen molar-refractivity contribution in [2.24, 2.45) is 4.99 Å². The number of nitrogens with zero attached hydrogens (tertiary/aromatic N) is 2. The Morgan fingerprint density at radius 2 is 1.69 bits per heavy atom. The number of carbonyl (C=O) groups is 1. The lowest BCUT2D eigenvalue weighted by Gasteiger charge is -2.13. The quantitative estimate of drug-likeness (QED) is 0.221. The van der Waals surface area contributed by atoms with Gasteiger partial charge < -0.3 is 20.6 Å². The number of halogens is 1. The van der Waals surface area contributed by atoms with Crippen molar-refractivity contribution in [1.29, 1.82) is 0 Å². The second-order valence-electron chi connectivity index (χ2n) is 6.85. The van der Waals surface area contributed by atoms with E-state index in [0.717, 1.165) is 43.9 Å². The zero-order chi connectivity index (χ0) is 20.4. The Kier molecular flexibility index (Phi) is 11.1.